The van der Waals surface area contributed by atoms with Gasteiger partial charge < -0.3 is 9.47 Å². The van der Waals surface area contributed by atoms with Crippen molar-refractivity contribution in [1.82, 2.24) is 0 Å². The van der Waals surface area contributed by atoms with Gasteiger partial charge in [0, 0.05) is 6.42 Å². The van der Waals surface area contributed by atoms with E-state index in [9.17, 15) is 4.79 Å². The molecular formula is C24H38O3. The number of hydrogen-bond acceptors (Lipinski definition) is 3. The molecule has 1 saturated carbocycles. The standard InChI is InChI=1S/C24H38O3/c1-4-6-7-9-20-10-12-21(13-11-20)22-14-16-23(17-15-22)26-18-19(3)27-24(25)8-5-2/h14-17,19-21H,4-13,18H2,1-3H3. The lowest BCUT2D eigenvalue weighted by Crippen LogP contribution is -2.21. The van der Waals surface area contributed by atoms with Gasteiger partial charge in [-0.25, -0.2) is 0 Å². The number of ether oxygens (including phenoxy) is 2. The summed E-state index contributed by atoms with van der Waals surface area (Å²) in [5.74, 6) is 2.36. The predicted molar refractivity (Wildman–Crippen MR) is 111 cm³/mol. The topological polar surface area (TPSA) is 35.5 Å². The third-order valence-electron chi connectivity index (χ3n) is 5.69. The molecule has 1 aliphatic rings. The van der Waals surface area contributed by atoms with Crippen molar-refractivity contribution in [2.24, 2.45) is 5.92 Å². The third kappa shape index (κ3) is 7.94. The molecule has 0 heterocycles. The van der Waals surface area contributed by atoms with Gasteiger partial charge in [0.1, 0.15) is 18.5 Å². The van der Waals surface area contributed by atoms with Crippen LogP contribution in [0.4, 0.5) is 0 Å². The van der Waals surface area contributed by atoms with Gasteiger partial charge in [-0.15, -0.1) is 0 Å². The lowest BCUT2D eigenvalue weighted by molar-refractivity contribution is -0.149. The van der Waals surface area contributed by atoms with Gasteiger partial charge in [0.15, 0.2) is 0 Å². The number of carbonyl (C=O) groups is 1. The van der Waals surface area contributed by atoms with Crippen molar-refractivity contribution in [3.8, 4) is 5.75 Å². The number of unbranched alkanes of at least 4 members (excludes halogenated alkanes) is 2. The molecule has 0 saturated heterocycles. The van der Waals surface area contributed by atoms with E-state index >= 15 is 0 Å². The van der Waals surface area contributed by atoms with Crippen molar-refractivity contribution >= 4 is 5.97 Å². The Morgan fingerprint density at radius 1 is 1.04 bits per heavy atom. The van der Waals surface area contributed by atoms with E-state index in [1.54, 1.807) is 0 Å². The maximum atomic E-state index is 11.5. The summed E-state index contributed by atoms with van der Waals surface area (Å²) in [6, 6.07) is 8.54. The molecule has 2 rings (SSSR count). The fraction of sp³-hybridized carbons (Fsp3) is 0.708. The van der Waals surface area contributed by atoms with Crippen LogP contribution in [0.15, 0.2) is 24.3 Å². The minimum Gasteiger partial charge on any atom is -0.490 e. The van der Waals surface area contributed by atoms with E-state index < -0.39 is 0 Å². The molecule has 0 spiro atoms. The predicted octanol–water partition coefficient (Wildman–Crippen LogP) is 6.65. The minimum absolute atomic E-state index is 0.144. The fourth-order valence-electron chi connectivity index (χ4n) is 4.04. The zero-order valence-electron chi connectivity index (χ0n) is 17.5. The summed E-state index contributed by atoms with van der Waals surface area (Å²) in [5, 5.41) is 0. The van der Waals surface area contributed by atoms with Gasteiger partial charge in [0.25, 0.3) is 0 Å². The van der Waals surface area contributed by atoms with Crippen LogP contribution in [0.25, 0.3) is 0 Å². The first-order valence-corrected chi connectivity index (χ1v) is 11.0. The fourth-order valence-corrected chi connectivity index (χ4v) is 4.04. The number of hydrogen-bond donors (Lipinski definition) is 0. The van der Waals surface area contributed by atoms with E-state index in [4.69, 9.17) is 9.47 Å². The molecule has 0 amide bonds. The largest absolute Gasteiger partial charge is 0.490 e. The average molecular weight is 375 g/mol. The highest BCUT2D eigenvalue weighted by Gasteiger charge is 2.22. The molecule has 0 radical (unpaired) electrons. The highest BCUT2D eigenvalue weighted by molar-refractivity contribution is 5.69. The Hall–Kier alpha value is -1.51. The van der Waals surface area contributed by atoms with Gasteiger partial charge in [0.05, 0.1) is 0 Å². The second-order valence-electron chi connectivity index (χ2n) is 8.14. The first-order chi connectivity index (χ1) is 13.1. The first kappa shape index (κ1) is 21.8. The Balaban J connectivity index is 1.71. The summed E-state index contributed by atoms with van der Waals surface area (Å²) in [6.45, 7) is 6.53. The summed E-state index contributed by atoms with van der Waals surface area (Å²) in [4.78, 5) is 11.5. The monoisotopic (exact) mass is 374 g/mol. The summed E-state index contributed by atoms with van der Waals surface area (Å²) in [6.07, 6.45) is 12.0. The molecule has 1 aromatic rings. The van der Waals surface area contributed by atoms with Crippen LogP contribution in [-0.2, 0) is 9.53 Å². The van der Waals surface area contributed by atoms with Crippen LogP contribution in [0.5, 0.6) is 5.75 Å². The van der Waals surface area contributed by atoms with Gasteiger partial charge in [-0.3, -0.25) is 4.79 Å². The summed E-state index contributed by atoms with van der Waals surface area (Å²) >= 11 is 0. The Labute approximate surface area is 165 Å². The summed E-state index contributed by atoms with van der Waals surface area (Å²) < 4.78 is 11.1. The molecule has 0 bridgehead atoms. The van der Waals surface area contributed by atoms with E-state index in [0.717, 1.165) is 18.1 Å². The van der Waals surface area contributed by atoms with Crippen molar-refractivity contribution in [1.29, 1.82) is 0 Å². The smallest absolute Gasteiger partial charge is 0.306 e. The molecule has 3 heteroatoms. The highest BCUT2D eigenvalue weighted by atomic mass is 16.6. The van der Waals surface area contributed by atoms with E-state index in [0.29, 0.717) is 18.9 Å². The third-order valence-corrected chi connectivity index (χ3v) is 5.69. The Morgan fingerprint density at radius 3 is 2.37 bits per heavy atom. The van der Waals surface area contributed by atoms with Gasteiger partial charge in [-0.2, -0.15) is 0 Å². The van der Waals surface area contributed by atoms with Crippen molar-refractivity contribution in [2.45, 2.75) is 97.0 Å². The van der Waals surface area contributed by atoms with E-state index in [2.05, 4.69) is 31.2 Å². The number of rotatable bonds is 11. The van der Waals surface area contributed by atoms with Gasteiger partial charge in [-0.05, 0) is 68.6 Å². The van der Waals surface area contributed by atoms with Gasteiger partial charge in [-0.1, -0.05) is 51.7 Å². The Bertz CT molecular complexity index is 529. The molecule has 0 N–H and O–H groups in total. The van der Waals surface area contributed by atoms with Crippen LogP contribution in [0.3, 0.4) is 0 Å². The SMILES string of the molecule is CCCCCC1CCC(c2ccc(OCC(C)OC(=O)CCC)cc2)CC1. The molecule has 1 fully saturated rings. The van der Waals surface area contributed by atoms with Crippen LogP contribution in [0.1, 0.15) is 96.5 Å². The maximum absolute atomic E-state index is 11.5. The summed E-state index contributed by atoms with van der Waals surface area (Å²) in [5.41, 5.74) is 1.44. The molecule has 1 aliphatic carbocycles. The molecule has 152 valence electrons. The maximum Gasteiger partial charge on any atom is 0.306 e. The first-order valence-electron chi connectivity index (χ1n) is 11.0. The lowest BCUT2D eigenvalue weighted by atomic mass is 9.77. The molecule has 1 atom stereocenters. The van der Waals surface area contributed by atoms with Crippen LogP contribution >= 0.6 is 0 Å². The second-order valence-corrected chi connectivity index (χ2v) is 8.14. The highest BCUT2D eigenvalue weighted by Crippen LogP contribution is 2.38. The van der Waals surface area contributed by atoms with E-state index in [-0.39, 0.29) is 12.1 Å². The van der Waals surface area contributed by atoms with E-state index in [1.165, 1.54) is 56.9 Å². The van der Waals surface area contributed by atoms with Crippen molar-refractivity contribution in [2.75, 3.05) is 6.61 Å². The van der Waals surface area contributed by atoms with Crippen molar-refractivity contribution in [3.63, 3.8) is 0 Å². The molecule has 0 aromatic heterocycles. The molecule has 27 heavy (non-hydrogen) atoms. The molecule has 1 aromatic carbocycles. The number of esters is 1. The zero-order valence-corrected chi connectivity index (χ0v) is 17.5. The van der Waals surface area contributed by atoms with Gasteiger partial charge in [0.2, 0.25) is 0 Å². The molecule has 1 unspecified atom stereocenters. The molecule has 0 aliphatic heterocycles. The number of carbonyl (C=O) groups excluding carboxylic acids is 1. The summed E-state index contributed by atoms with van der Waals surface area (Å²) in [7, 11) is 0. The van der Waals surface area contributed by atoms with E-state index in [1.807, 2.05) is 13.8 Å². The molecular weight excluding hydrogens is 336 g/mol. The quantitative estimate of drug-likeness (QED) is 0.321. The van der Waals surface area contributed by atoms with Crippen LogP contribution in [0, 0.1) is 5.92 Å². The van der Waals surface area contributed by atoms with Gasteiger partial charge >= 0.3 is 5.97 Å². The lowest BCUT2D eigenvalue weighted by Gasteiger charge is -2.29. The number of benzene rings is 1. The average Bonchev–Trinajstić information content (AvgIpc) is 2.68. The Kier molecular flexibility index (Phi) is 9.72. The second kappa shape index (κ2) is 12.0. The van der Waals surface area contributed by atoms with Crippen LogP contribution in [0.2, 0.25) is 0 Å². The van der Waals surface area contributed by atoms with Crippen molar-refractivity contribution in [3.05, 3.63) is 29.8 Å². The minimum atomic E-state index is -0.216. The Morgan fingerprint density at radius 2 is 1.74 bits per heavy atom. The molecule has 3 nitrogen and oxygen atoms in total. The van der Waals surface area contributed by atoms with Crippen LogP contribution in [-0.4, -0.2) is 18.7 Å². The van der Waals surface area contributed by atoms with Crippen LogP contribution < -0.4 is 4.74 Å². The zero-order chi connectivity index (χ0) is 19.5. The van der Waals surface area contributed by atoms with Crippen molar-refractivity contribution < 1.29 is 14.3 Å². The normalized spacial score (nSPS) is 20.9.